The van der Waals surface area contributed by atoms with Crippen molar-refractivity contribution in [1.82, 2.24) is 9.97 Å². The number of rotatable bonds is 3. The molecule has 2 atom stereocenters. The summed E-state index contributed by atoms with van der Waals surface area (Å²) in [6, 6.07) is 7.41. The number of benzene rings is 1. The maximum Gasteiger partial charge on any atom is 0.268 e. The molecular weight excluding hydrogens is 335 g/mol. The van der Waals surface area contributed by atoms with Crippen LogP contribution in [0.2, 0.25) is 10.2 Å². The van der Waals surface area contributed by atoms with E-state index in [1.807, 2.05) is 0 Å². The number of nitrogens with one attached hydrogen (secondary N) is 1. The first kappa shape index (κ1) is 15.1. The maximum absolute atomic E-state index is 13.9. The number of nitrogens with zero attached hydrogens (tertiary/aromatic N) is 2. The number of hydrogen-bond acceptors (Lipinski definition) is 3. The normalized spacial score (nSPS) is 22.2. The molecule has 0 unspecified atom stereocenters. The number of hydrogen-bond donors (Lipinski definition) is 1. The van der Waals surface area contributed by atoms with Gasteiger partial charge in [0.05, 0.1) is 5.92 Å². The van der Waals surface area contributed by atoms with E-state index in [4.69, 9.17) is 23.2 Å². The Morgan fingerprint density at radius 2 is 2.00 bits per heavy atom. The Kier molecular flexibility index (Phi) is 3.74. The number of amides is 1. The van der Waals surface area contributed by atoms with Crippen molar-refractivity contribution in [1.29, 1.82) is 0 Å². The van der Waals surface area contributed by atoms with Crippen LogP contribution in [0.15, 0.2) is 36.7 Å². The molecule has 1 aliphatic rings. The average molecular weight is 344 g/mol. The lowest BCUT2D eigenvalue weighted by Gasteiger charge is -2.03. The van der Waals surface area contributed by atoms with E-state index in [2.05, 4.69) is 15.3 Å². The first-order valence-electron chi connectivity index (χ1n) is 6.31. The Morgan fingerprint density at radius 1 is 1.23 bits per heavy atom. The van der Waals surface area contributed by atoms with E-state index in [1.54, 1.807) is 12.1 Å². The van der Waals surface area contributed by atoms with Gasteiger partial charge in [0, 0.05) is 11.1 Å². The molecule has 4 nitrogen and oxygen atoms in total. The molecule has 3 rings (SSSR count). The molecule has 2 aromatic rings. The summed E-state index contributed by atoms with van der Waals surface area (Å²) in [4.78, 5) is 19.4. The zero-order valence-electron chi connectivity index (χ0n) is 10.9. The Balaban J connectivity index is 1.78. The molecule has 0 bridgehead atoms. The van der Waals surface area contributed by atoms with Gasteiger partial charge in [-0.15, -0.1) is 0 Å². The van der Waals surface area contributed by atoms with Gasteiger partial charge in [0.1, 0.15) is 23.2 Å². The van der Waals surface area contributed by atoms with Crippen LogP contribution in [0.3, 0.4) is 0 Å². The van der Waals surface area contributed by atoms with Crippen LogP contribution in [0.5, 0.6) is 0 Å². The fraction of sp³-hybridized carbons (Fsp3) is 0.214. The molecule has 1 amide bonds. The van der Waals surface area contributed by atoms with Crippen LogP contribution >= 0.6 is 23.2 Å². The lowest BCUT2D eigenvalue weighted by atomic mass is 10.1. The average Bonchev–Trinajstić information content (AvgIpc) is 3.01. The number of carbonyl (C=O) groups excluding carboxylic acids is 1. The first-order chi connectivity index (χ1) is 10.4. The standard InChI is InChI=1S/C14H9Cl2F2N3O/c15-8-3-1-2-7(4-8)11-12(14(11,17)18)13(22)21-10-5-9(16)19-6-20-10/h1-6,11-12H,(H,19,20,21,22)/t11-,12+/m1/s1. The third kappa shape index (κ3) is 2.76. The molecule has 1 fully saturated rings. The Morgan fingerprint density at radius 3 is 2.68 bits per heavy atom. The van der Waals surface area contributed by atoms with E-state index < -0.39 is 23.7 Å². The summed E-state index contributed by atoms with van der Waals surface area (Å²) in [7, 11) is 0. The summed E-state index contributed by atoms with van der Waals surface area (Å²) in [5, 5.41) is 2.79. The van der Waals surface area contributed by atoms with Gasteiger partial charge in [0.2, 0.25) is 5.91 Å². The van der Waals surface area contributed by atoms with Crippen molar-refractivity contribution < 1.29 is 13.6 Å². The minimum atomic E-state index is -3.12. The van der Waals surface area contributed by atoms with Crippen molar-refractivity contribution in [3.05, 3.63) is 52.4 Å². The van der Waals surface area contributed by atoms with Crippen molar-refractivity contribution >= 4 is 34.9 Å². The lowest BCUT2D eigenvalue weighted by Crippen LogP contribution is -2.18. The Bertz CT molecular complexity index is 742. The van der Waals surface area contributed by atoms with E-state index in [9.17, 15) is 13.6 Å². The third-order valence-electron chi connectivity index (χ3n) is 3.43. The van der Waals surface area contributed by atoms with Gasteiger partial charge in [0.15, 0.2) is 0 Å². The van der Waals surface area contributed by atoms with Gasteiger partial charge in [-0.2, -0.15) is 0 Å². The van der Waals surface area contributed by atoms with Crippen LogP contribution in [0, 0.1) is 5.92 Å². The second kappa shape index (κ2) is 5.44. The summed E-state index contributed by atoms with van der Waals surface area (Å²) in [5.41, 5.74) is 0.332. The predicted molar refractivity (Wildman–Crippen MR) is 78.3 cm³/mol. The van der Waals surface area contributed by atoms with Crippen LogP contribution < -0.4 is 5.32 Å². The highest BCUT2D eigenvalue weighted by Crippen LogP contribution is 2.62. The highest BCUT2D eigenvalue weighted by Gasteiger charge is 2.72. The number of halogens is 4. The fourth-order valence-corrected chi connectivity index (χ4v) is 2.72. The second-order valence-electron chi connectivity index (χ2n) is 4.90. The van der Waals surface area contributed by atoms with Gasteiger partial charge in [0.25, 0.3) is 5.92 Å². The molecule has 1 aliphatic carbocycles. The van der Waals surface area contributed by atoms with Gasteiger partial charge < -0.3 is 5.32 Å². The molecule has 1 aromatic heterocycles. The highest BCUT2D eigenvalue weighted by molar-refractivity contribution is 6.30. The zero-order chi connectivity index (χ0) is 15.9. The van der Waals surface area contributed by atoms with Crippen molar-refractivity contribution in [2.75, 3.05) is 5.32 Å². The van der Waals surface area contributed by atoms with E-state index in [0.717, 1.165) is 6.33 Å². The molecular formula is C14H9Cl2F2N3O. The van der Waals surface area contributed by atoms with E-state index >= 15 is 0 Å². The zero-order valence-corrected chi connectivity index (χ0v) is 12.4. The van der Waals surface area contributed by atoms with Gasteiger partial charge in [-0.05, 0) is 17.7 Å². The molecule has 114 valence electrons. The SMILES string of the molecule is O=C(Nc1cc(Cl)ncn1)[C@@H]1[C@@H](c2cccc(Cl)c2)C1(F)F. The first-order valence-corrected chi connectivity index (χ1v) is 7.07. The van der Waals surface area contributed by atoms with Crippen molar-refractivity contribution in [3.8, 4) is 0 Å². The van der Waals surface area contributed by atoms with Crippen LogP contribution in [0.1, 0.15) is 11.5 Å². The number of carbonyl (C=O) groups is 1. The minimum Gasteiger partial charge on any atom is -0.310 e. The molecule has 8 heteroatoms. The molecule has 0 spiro atoms. The van der Waals surface area contributed by atoms with E-state index in [0.29, 0.717) is 10.6 Å². The van der Waals surface area contributed by atoms with Gasteiger partial charge in [-0.1, -0.05) is 35.3 Å². The van der Waals surface area contributed by atoms with Crippen LogP contribution in [-0.4, -0.2) is 21.8 Å². The van der Waals surface area contributed by atoms with Crippen LogP contribution in [-0.2, 0) is 4.79 Å². The molecule has 0 saturated heterocycles. The molecule has 0 aliphatic heterocycles. The summed E-state index contributed by atoms with van der Waals surface area (Å²) in [6.45, 7) is 0. The minimum absolute atomic E-state index is 0.0811. The van der Waals surface area contributed by atoms with Gasteiger partial charge in [-0.25, -0.2) is 18.7 Å². The Labute approximate surface area is 134 Å². The number of alkyl halides is 2. The van der Waals surface area contributed by atoms with E-state index in [-0.39, 0.29) is 11.0 Å². The molecule has 1 N–H and O–H groups in total. The van der Waals surface area contributed by atoms with Gasteiger partial charge in [-0.3, -0.25) is 4.79 Å². The van der Waals surface area contributed by atoms with Crippen molar-refractivity contribution in [2.45, 2.75) is 11.8 Å². The summed E-state index contributed by atoms with van der Waals surface area (Å²) >= 11 is 11.5. The van der Waals surface area contributed by atoms with Crippen LogP contribution in [0.4, 0.5) is 14.6 Å². The Hall–Kier alpha value is -1.79. The fourth-order valence-electron chi connectivity index (χ4n) is 2.37. The quantitative estimate of drug-likeness (QED) is 0.863. The molecule has 22 heavy (non-hydrogen) atoms. The van der Waals surface area contributed by atoms with Crippen LogP contribution in [0.25, 0.3) is 0 Å². The molecule has 0 radical (unpaired) electrons. The maximum atomic E-state index is 13.9. The largest absolute Gasteiger partial charge is 0.310 e. The topological polar surface area (TPSA) is 54.9 Å². The monoisotopic (exact) mass is 343 g/mol. The lowest BCUT2D eigenvalue weighted by molar-refractivity contribution is -0.119. The molecule has 1 heterocycles. The highest BCUT2D eigenvalue weighted by atomic mass is 35.5. The summed E-state index contributed by atoms with van der Waals surface area (Å²) in [5.74, 6) is -6.50. The second-order valence-corrected chi connectivity index (χ2v) is 5.72. The van der Waals surface area contributed by atoms with Crippen molar-refractivity contribution in [3.63, 3.8) is 0 Å². The third-order valence-corrected chi connectivity index (χ3v) is 3.87. The van der Waals surface area contributed by atoms with Crippen molar-refractivity contribution in [2.24, 2.45) is 5.92 Å². The number of aromatic nitrogens is 2. The van der Waals surface area contributed by atoms with Gasteiger partial charge >= 0.3 is 0 Å². The van der Waals surface area contributed by atoms with E-state index in [1.165, 1.54) is 18.2 Å². The molecule has 1 saturated carbocycles. The summed E-state index contributed by atoms with van der Waals surface area (Å²) < 4.78 is 27.9. The summed E-state index contributed by atoms with van der Waals surface area (Å²) in [6.07, 6.45) is 1.14. The number of anilines is 1. The predicted octanol–water partition coefficient (Wildman–Crippen LogP) is 3.77. The molecule has 1 aromatic carbocycles. The smallest absolute Gasteiger partial charge is 0.268 e.